The number of nitrogens with zero attached hydrogens (tertiary/aromatic N) is 2. The second kappa shape index (κ2) is 7.50. The van der Waals surface area contributed by atoms with E-state index in [2.05, 4.69) is 10.3 Å². The van der Waals surface area contributed by atoms with Gasteiger partial charge < -0.3 is 24.4 Å². The minimum atomic E-state index is -0.506. The number of hydrogen-bond acceptors (Lipinski definition) is 5. The minimum Gasteiger partial charge on any atom is -0.439 e. The molecular weight excluding hydrogens is 353 g/mol. The van der Waals surface area contributed by atoms with E-state index in [4.69, 9.17) is 14.2 Å². The number of carbonyl (C=O) groups excluding carboxylic acids is 1. The lowest BCUT2D eigenvalue weighted by Crippen LogP contribution is -2.48. The Bertz CT molecular complexity index is 799. The van der Waals surface area contributed by atoms with Gasteiger partial charge in [-0.25, -0.2) is 14.2 Å². The highest BCUT2D eigenvalue weighted by molar-refractivity contribution is 5.89. The summed E-state index contributed by atoms with van der Waals surface area (Å²) < 4.78 is 30.0. The molecule has 27 heavy (non-hydrogen) atoms. The summed E-state index contributed by atoms with van der Waals surface area (Å²) in [6, 6.07) is 8.93. The zero-order valence-corrected chi connectivity index (χ0v) is 14.7. The highest BCUT2D eigenvalue weighted by atomic mass is 19.1. The van der Waals surface area contributed by atoms with Gasteiger partial charge in [0.1, 0.15) is 11.6 Å². The molecule has 1 spiro atoms. The van der Waals surface area contributed by atoms with Crippen molar-refractivity contribution in [3.8, 4) is 11.6 Å². The molecule has 4 rings (SSSR count). The molecule has 1 aromatic carbocycles. The smallest absolute Gasteiger partial charge is 0.321 e. The maximum atomic E-state index is 13.2. The number of aromatic nitrogens is 1. The van der Waals surface area contributed by atoms with Gasteiger partial charge in [-0.15, -0.1) is 0 Å². The molecule has 8 heteroatoms. The van der Waals surface area contributed by atoms with Gasteiger partial charge in [0.05, 0.1) is 25.1 Å². The molecule has 0 radical (unpaired) electrons. The summed E-state index contributed by atoms with van der Waals surface area (Å²) in [5.41, 5.74) is 0.556. The van der Waals surface area contributed by atoms with E-state index in [-0.39, 0.29) is 11.8 Å². The molecule has 0 saturated carbocycles. The molecule has 2 saturated heterocycles. The summed E-state index contributed by atoms with van der Waals surface area (Å²) in [6.07, 6.45) is 2.83. The average molecular weight is 373 g/mol. The molecule has 1 N–H and O–H groups in total. The molecule has 7 nitrogen and oxygen atoms in total. The van der Waals surface area contributed by atoms with Gasteiger partial charge in [-0.3, -0.25) is 0 Å². The number of benzene rings is 1. The van der Waals surface area contributed by atoms with Crippen molar-refractivity contribution in [1.82, 2.24) is 9.88 Å². The SMILES string of the molecule is O=C(Nc1ccc(Oc2cccc(F)c2)nc1)N1CCC2(CC1)OCCO2. The van der Waals surface area contributed by atoms with Crippen LogP contribution in [0.25, 0.3) is 0 Å². The van der Waals surface area contributed by atoms with Gasteiger partial charge in [-0.1, -0.05) is 6.07 Å². The molecule has 0 atom stereocenters. The van der Waals surface area contributed by atoms with Crippen molar-refractivity contribution in [2.24, 2.45) is 0 Å². The van der Waals surface area contributed by atoms with Crippen LogP contribution >= 0.6 is 0 Å². The fourth-order valence-corrected chi connectivity index (χ4v) is 3.20. The Morgan fingerprint density at radius 2 is 1.96 bits per heavy atom. The topological polar surface area (TPSA) is 72.9 Å². The van der Waals surface area contributed by atoms with Crippen molar-refractivity contribution in [3.63, 3.8) is 0 Å². The van der Waals surface area contributed by atoms with Gasteiger partial charge in [0.2, 0.25) is 5.88 Å². The molecule has 1 aromatic heterocycles. The first kappa shape index (κ1) is 17.7. The third-order valence-corrected chi connectivity index (χ3v) is 4.63. The van der Waals surface area contributed by atoms with Crippen molar-refractivity contribution >= 4 is 11.7 Å². The maximum Gasteiger partial charge on any atom is 0.321 e. The second-order valence-corrected chi connectivity index (χ2v) is 6.47. The number of anilines is 1. The average Bonchev–Trinajstić information content (AvgIpc) is 3.12. The summed E-state index contributed by atoms with van der Waals surface area (Å²) >= 11 is 0. The molecule has 2 aliphatic heterocycles. The van der Waals surface area contributed by atoms with Crippen LogP contribution in [0, 0.1) is 5.82 Å². The van der Waals surface area contributed by atoms with E-state index in [1.807, 2.05) is 0 Å². The van der Waals surface area contributed by atoms with E-state index in [9.17, 15) is 9.18 Å². The van der Waals surface area contributed by atoms with Crippen molar-refractivity contribution in [1.29, 1.82) is 0 Å². The van der Waals surface area contributed by atoms with Crippen LogP contribution in [0.4, 0.5) is 14.9 Å². The number of likely N-dealkylation sites (tertiary alicyclic amines) is 1. The molecule has 0 bridgehead atoms. The molecule has 3 heterocycles. The molecule has 2 fully saturated rings. The predicted octanol–water partition coefficient (Wildman–Crippen LogP) is 3.38. The van der Waals surface area contributed by atoms with Crippen LogP contribution in [-0.4, -0.2) is 48.0 Å². The maximum absolute atomic E-state index is 13.2. The van der Waals surface area contributed by atoms with Gasteiger partial charge in [-0.2, -0.15) is 0 Å². The molecule has 2 amide bonds. The number of ether oxygens (including phenoxy) is 3. The number of hydrogen-bond donors (Lipinski definition) is 1. The van der Waals surface area contributed by atoms with E-state index in [0.717, 1.165) is 0 Å². The quantitative estimate of drug-likeness (QED) is 0.893. The van der Waals surface area contributed by atoms with E-state index >= 15 is 0 Å². The van der Waals surface area contributed by atoms with Gasteiger partial charge >= 0.3 is 6.03 Å². The summed E-state index contributed by atoms with van der Waals surface area (Å²) in [4.78, 5) is 18.3. The lowest BCUT2D eigenvalue weighted by atomic mass is 10.0. The Hall–Kier alpha value is -2.71. The normalized spacial score (nSPS) is 18.5. The first-order valence-corrected chi connectivity index (χ1v) is 8.85. The largest absolute Gasteiger partial charge is 0.439 e. The highest BCUT2D eigenvalue weighted by Gasteiger charge is 2.40. The van der Waals surface area contributed by atoms with E-state index < -0.39 is 5.79 Å². The van der Waals surface area contributed by atoms with Crippen LogP contribution in [-0.2, 0) is 9.47 Å². The Balaban J connectivity index is 1.31. The Labute approximate surface area is 156 Å². The third kappa shape index (κ3) is 4.17. The van der Waals surface area contributed by atoms with Crippen LogP contribution in [0.1, 0.15) is 12.8 Å². The molecule has 142 valence electrons. The fraction of sp³-hybridized carbons (Fsp3) is 0.368. The predicted molar refractivity (Wildman–Crippen MR) is 95.2 cm³/mol. The summed E-state index contributed by atoms with van der Waals surface area (Å²) in [6.45, 7) is 2.36. The number of pyridine rings is 1. The number of rotatable bonds is 3. The van der Waals surface area contributed by atoms with E-state index in [0.29, 0.717) is 56.5 Å². The van der Waals surface area contributed by atoms with Gasteiger partial charge in [0, 0.05) is 38.1 Å². The second-order valence-electron chi connectivity index (χ2n) is 6.47. The molecule has 2 aromatic rings. The Morgan fingerprint density at radius 1 is 1.19 bits per heavy atom. The van der Waals surface area contributed by atoms with Gasteiger partial charge in [0.15, 0.2) is 5.79 Å². The van der Waals surface area contributed by atoms with Crippen molar-refractivity contribution < 1.29 is 23.4 Å². The van der Waals surface area contributed by atoms with E-state index in [1.165, 1.54) is 18.3 Å². The van der Waals surface area contributed by atoms with Gasteiger partial charge in [-0.05, 0) is 18.2 Å². The first-order valence-electron chi connectivity index (χ1n) is 8.85. The zero-order chi connectivity index (χ0) is 18.7. The number of halogens is 1. The number of piperidine rings is 1. The number of urea groups is 1. The zero-order valence-electron chi connectivity index (χ0n) is 14.7. The number of nitrogens with one attached hydrogen (secondary N) is 1. The van der Waals surface area contributed by atoms with Crippen LogP contribution < -0.4 is 10.1 Å². The van der Waals surface area contributed by atoms with Crippen molar-refractivity contribution in [2.75, 3.05) is 31.6 Å². The van der Waals surface area contributed by atoms with Crippen molar-refractivity contribution in [2.45, 2.75) is 18.6 Å². The van der Waals surface area contributed by atoms with Crippen LogP contribution in [0.5, 0.6) is 11.6 Å². The molecule has 2 aliphatic rings. The molecule has 0 aliphatic carbocycles. The molecule has 0 unspecified atom stereocenters. The molecular formula is C19H20FN3O4. The first-order chi connectivity index (χ1) is 13.1. The number of carbonyl (C=O) groups is 1. The Kier molecular flexibility index (Phi) is 4.91. The summed E-state index contributed by atoms with van der Waals surface area (Å²) in [5.74, 6) is -0.214. The van der Waals surface area contributed by atoms with E-state index in [1.54, 1.807) is 29.2 Å². The van der Waals surface area contributed by atoms with Crippen molar-refractivity contribution in [3.05, 3.63) is 48.4 Å². The minimum absolute atomic E-state index is 0.191. The number of amides is 2. The lowest BCUT2D eigenvalue weighted by Gasteiger charge is -2.37. The standard InChI is InChI=1S/C19H20FN3O4/c20-14-2-1-3-16(12-14)27-17-5-4-15(13-21-17)22-18(24)23-8-6-19(7-9-23)25-10-11-26-19/h1-5,12-13H,6-11H2,(H,22,24). The highest BCUT2D eigenvalue weighted by Crippen LogP contribution is 2.31. The monoisotopic (exact) mass is 373 g/mol. The third-order valence-electron chi connectivity index (χ3n) is 4.63. The van der Waals surface area contributed by atoms with Gasteiger partial charge in [0.25, 0.3) is 0 Å². The fourth-order valence-electron chi connectivity index (χ4n) is 3.20. The van der Waals surface area contributed by atoms with Crippen LogP contribution in [0.15, 0.2) is 42.6 Å². The lowest BCUT2D eigenvalue weighted by molar-refractivity contribution is -0.181. The summed E-state index contributed by atoms with van der Waals surface area (Å²) in [7, 11) is 0. The van der Waals surface area contributed by atoms with Crippen LogP contribution in [0.2, 0.25) is 0 Å². The van der Waals surface area contributed by atoms with Crippen LogP contribution in [0.3, 0.4) is 0 Å². The Morgan fingerprint density at radius 3 is 2.63 bits per heavy atom. The summed E-state index contributed by atoms with van der Waals surface area (Å²) in [5, 5.41) is 2.82.